The van der Waals surface area contributed by atoms with Gasteiger partial charge in [-0.15, -0.1) is 0 Å². The van der Waals surface area contributed by atoms with Crippen molar-refractivity contribution < 1.29 is 0 Å². The van der Waals surface area contributed by atoms with Crippen molar-refractivity contribution in [2.75, 3.05) is 6.26 Å². The molecule has 3 heteroatoms. The number of hydrogen-bond donors (Lipinski definition) is 0. The average molecular weight is 244 g/mol. The molecule has 17 heavy (non-hydrogen) atoms. The Morgan fingerprint density at radius 3 is 2.71 bits per heavy atom. The van der Waals surface area contributed by atoms with E-state index in [1.165, 1.54) is 24.1 Å². The number of imidazole rings is 1. The molecule has 3 rings (SSSR count). The van der Waals surface area contributed by atoms with E-state index in [1.807, 2.05) is 24.3 Å². The number of aromatic nitrogens is 2. The summed E-state index contributed by atoms with van der Waals surface area (Å²) in [4.78, 5) is 4.31. The zero-order valence-corrected chi connectivity index (χ0v) is 10.7. The number of rotatable bonds is 3. The first-order valence-corrected chi connectivity index (χ1v) is 7.27. The van der Waals surface area contributed by atoms with Gasteiger partial charge in [0.25, 0.3) is 0 Å². The monoisotopic (exact) mass is 244 g/mol. The summed E-state index contributed by atoms with van der Waals surface area (Å²) in [6, 6.07) is 11.2. The highest BCUT2D eigenvalue weighted by Gasteiger charge is 2.30. The maximum Gasteiger partial charge on any atom is 0.0953 e. The Hall–Kier alpha value is -1.22. The van der Waals surface area contributed by atoms with Gasteiger partial charge >= 0.3 is 0 Å². The maximum absolute atomic E-state index is 4.31. The number of thioether (sulfide) groups is 1. The fourth-order valence-electron chi connectivity index (χ4n) is 2.39. The van der Waals surface area contributed by atoms with Crippen molar-refractivity contribution in [2.45, 2.75) is 24.1 Å². The van der Waals surface area contributed by atoms with Crippen LogP contribution in [-0.4, -0.2) is 21.1 Å². The van der Waals surface area contributed by atoms with Crippen molar-refractivity contribution in [3.63, 3.8) is 0 Å². The van der Waals surface area contributed by atoms with Crippen LogP contribution >= 0.6 is 11.8 Å². The Morgan fingerprint density at radius 1 is 1.24 bits per heavy atom. The van der Waals surface area contributed by atoms with E-state index in [4.69, 9.17) is 0 Å². The summed E-state index contributed by atoms with van der Waals surface area (Å²) < 4.78 is 2.34. The van der Waals surface area contributed by atoms with Gasteiger partial charge in [-0.3, -0.25) is 0 Å². The molecule has 0 radical (unpaired) electrons. The third kappa shape index (κ3) is 2.00. The van der Waals surface area contributed by atoms with E-state index in [2.05, 4.69) is 46.1 Å². The van der Waals surface area contributed by atoms with Gasteiger partial charge in [0.1, 0.15) is 0 Å². The quantitative estimate of drug-likeness (QED) is 0.820. The van der Waals surface area contributed by atoms with Crippen LogP contribution in [0.15, 0.2) is 42.9 Å². The minimum Gasteiger partial charge on any atom is -0.327 e. The third-order valence-electron chi connectivity index (χ3n) is 3.53. The van der Waals surface area contributed by atoms with Crippen LogP contribution in [0.25, 0.3) is 11.3 Å². The second kappa shape index (κ2) is 4.57. The summed E-state index contributed by atoms with van der Waals surface area (Å²) in [6.07, 6.45) is 8.70. The predicted molar refractivity (Wildman–Crippen MR) is 73.2 cm³/mol. The van der Waals surface area contributed by atoms with Crippen molar-refractivity contribution in [3.05, 3.63) is 42.9 Å². The Morgan fingerprint density at radius 2 is 2.00 bits per heavy atom. The molecule has 2 nitrogen and oxygen atoms in total. The minimum atomic E-state index is 0.644. The molecule has 1 fully saturated rings. The fourth-order valence-corrected chi connectivity index (χ4v) is 3.21. The lowest BCUT2D eigenvalue weighted by Gasteiger charge is -2.36. The van der Waals surface area contributed by atoms with Gasteiger partial charge in [0.2, 0.25) is 0 Å². The van der Waals surface area contributed by atoms with Crippen molar-refractivity contribution >= 4 is 11.8 Å². The van der Waals surface area contributed by atoms with E-state index in [0.717, 1.165) is 5.25 Å². The minimum absolute atomic E-state index is 0.644. The van der Waals surface area contributed by atoms with Gasteiger partial charge < -0.3 is 4.57 Å². The van der Waals surface area contributed by atoms with Gasteiger partial charge in [-0.1, -0.05) is 30.3 Å². The molecule has 0 unspecified atom stereocenters. The molecule has 0 saturated heterocycles. The molecule has 0 amide bonds. The van der Waals surface area contributed by atoms with Crippen LogP contribution in [0, 0.1) is 0 Å². The van der Waals surface area contributed by atoms with Crippen molar-refractivity contribution in [1.82, 2.24) is 9.55 Å². The molecule has 1 saturated carbocycles. The van der Waals surface area contributed by atoms with Gasteiger partial charge in [0.15, 0.2) is 0 Å². The number of nitrogens with zero attached hydrogens (tertiary/aromatic N) is 2. The predicted octanol–water partition coefficient (Wildman–Crippen LogP) is 3.62. The molecule has 1 aliphatic rings. The van der Waals surface area contributed by atoms with E-state index in [0.29, 0.717) is 6.04 Å². The van der Waals surface area contributed by atoms with Gasteiger partial charge in [0, 0.05) is 11.3 Å². The summed E-state index contributed by atoms with van der Waals surface area (Å²) in [5.41, 5.74) is 2.51. The Labute approximate surface area is 106 Å². The Bertz CT molecular complexity index is 486. The molecule has 0 atom stereocenters. The molecule has 0 aliphatic heterocycles. The van der Waals surface area contributed by atoms with Gasteiger partial charge in [-0.2, -0.15) is 11.8 Å². The standard InChI is InChI=1S/C14H16N2S/c1-17-13-7-12(8-13)16-10-15-9-14(16)11-5-3-2-4-6-11/h2-6,9-10,12-13H,7-8H2,1H3. The van der Waals surface area contributed by atoms with Crippen molar-refractivity contribution in [2.24, 2.45) is 0 Å². The highest BCUT2D eigenvalue weighted by Crippen LogP contribution is 2.41. The van der Waals surface area contributed by atoms with Gasteiger partial charge in [0.05, 0.1) is 18.2 Å². The van der Waals surface area contributed by atoms with Crippen LogP contribution in [0.4, 0.5) is 0 Å². The highest BCUT2D eigenvalue weighted by atomic mass is 32.2. The summed E-state index contributed by atoms with van der Waals surface area (Å²) in [5, 5.41) is 0.839. The molecule has 0 bridgehead atoms. The first-order valence-electron chi connectivity index (χ1n) is 5.98. The molecule has 1 aromatic carbocycles. The lowest BCUT2D eigenvalue weighted by molar-refractivity contribution is 0.328. The largest absolute Gasteiger partial charge is 0.327 e. The lowest BCUT2D eigenvalue weighted by Crippen LogP contribution is -2.28. The molecule has 88 valence electrons. The van der Waals surface area contributed by atoms with Crippen LogP contribution in [-0.2, 0) is 0 Å². The number of hydrogen-bond acceptors (Lipinski definition) is 2. The molecular formula is C14H16N2S. The molecule has 2 aromatic rings. The average Bonchev–Trinajstić information content (AvgIpc) is 2.78. The first-order chi connectivity index (χ1) is 8.38. The second-order valence-corrected chi connectivity index (χ2v) is 5.67. The van der Waals surface area contributed by atoms with E-state index in [-0.39, 0.29) is 0 Å². The van der Waals surface area contributed by atoms with Crippen LogP contribution in [0.2, 0.25) is 0 Å². The van der Waals surface area contributed by atoms with Gasteiger partial charge in [-0.25, -0.2) is 4.98 Å². The summed E-state index contributed by atoms with van der Waals surface area (Å²) in [7, 11) is 0. The lowest BCUT2D eigenvalue weighted by atomic mass is 9.91. The van der Waals surface area contributed by atoms with E-state index in [9.17, 15) is 0 Å². The van der Waals surface area contributed by atoms with Crippen LogP contribution in [0.3, 0.4) is 0 Å². The molecule has 0 N–H and O–H groups in total. The van der Waals surface area contributed by atoms with Crippen molar-refractivity contribution in [3.8, 4) is 11.3 Å². The van der Waals surface area contributed by atoms with Crippen molar-refractivity contribution in [1.29, 1.82) is 0 Å². The van der Waals surface area contributed by atoms with Crippen LogP contribution < -0.4 is 0 Å². The summed E-state index contributed by atoms with van der Waals surface area (Å²) >= 11 is 1.98. The molecular weight excluding hydrogens is 228 g/mol. The highest BCUT2D eigenvalue weighted by molar-refractivity contribution is 7.99. The smallest absolute Gasteiger partial charge is 0.0953 e. The van der Waals surface area contributed by atoms with Gasteiger partial charge in [-0.05, 0) is 24.7 Å². The summed E-state index contributed by atoms with van der Waals surface area (Å²) in [5.74, 6) is 0. The van der Waals surface area contributed by atoms with Crippen LogP contribution in [0.1, 0.15) is 18.9 Å². The van der Waals surface area contributed by atoms with E-state index < -0.39 is 0 Å². The first kappa shape index (κ1) is 10.9. The zero-order chi connectivity index (χ0) is 11.7. The molecule has 1 aromatic heterocycles. The maximum atomic E-state index is 4.31. The molecule has 1 aliphatic carbocycles. The number of benzene rings is 1. The van der Waals surface area contributed by atoms with E-state index >= 15 is 0 Å². The fraction of sp³-hybridized carbons (Fsp3) is 0.357. The Kier molecular flexibility index (Phi) is 2.93. The topological polar surface area (TPSA) is 17.8 Å². The third-order valence-corrected chi connectivity index (χ3v) is 4.58. The zero-order valence-electron chi connectivity index (χ0n) is 9.91. The van der Waals surface area contributed by atoms with Crippen LogP contribution in [0.5, 0.6) is 0 Å². The molecule has 0 spiro atoms. The molecule has 1 heterocycles. The Balaban J connectivity index is 1.86. The normalized spacial score (nSPS) is 23.4. The summed E-state index contributed by atoms with van der Waals surface area (Å²) in [6.45, 7) is 0. The SMILES string of the molecule is CSC1CC(n2cncc2-c2ccccc2)C1. The second-order valence-electron chi connectivity index (χ2n) is 4.54. The van der Waals surface area contributed by atoms with E-state index in [1.54, 1.807) is 0 Å².